The van der Waals surface area contributed by atoms with Crippen LogP contribution in [0.2, 0.25) is 0 Å². The summed E-state index contributed by atoms with van der Waals surface area (Å²) in [6.07, 6.45) is 0.424. The maximum atomic E-state index is 13.4. The maximum Gasteiger partial charge on any atom is 0.250 e. The Morgan fingerprint density at radius 1 is 1.20 bits per heavy atom. The van der Waals surface area contributed by atoms with E-state index in [1.807, 2.05) is 0 Å². The van der Waals surface area contributed by atoms with Crippen molar-refractivity contribution in [2.45, 2.75) is 17.2 Å². The first-order valence-corrected chi connectivity index (χ1v) is 8.25. The maximum absolute atomic E-state index is 13.4. The number of aliphatic hydroxyl groups excluding tert-OH is 1. The molecule has 7 heteroatoms. The van der Waals surface area contributed by atoms with E-state index in [1.165, 1.54) is 18.2 Å². The lowest BCUT2D eigenvalue weighted by atomic mass is 10.2. The highest BCUT2D eigenvalue weighted by molar-refractivity contribution is 7.91. The summed E-state index contributed by atoms with van der Waals surface area (Å²) in [6.45, 7) is -0.120. The number of aliphatic hydroxyl groups is 1. The zero-order valence-electron chi connectivity index (χ0n) is 10.5. The molecular weight excluding hydrogens is 301 g/mol. The summed E-state index contributed by atoms with van der Waals surface area (Å²) in [5, 5.41) is 8.81. The van der Waals surface area contributed by atoms with Gasteiger partial charge in [-0.2, -0.15) is 0 Å². The first-order chi connectivity index (χ1) is 9.53. The van der Waals surface area contributed by atoms with Gasteiger partial charge in [-0.3, -0.25) is 0 Å². The van der Waals surface area contributed by atoms with Crippen LogP contribution in [0.25, 0.3) is 0 Å². The normalized spacial score (nSPS) is 11.7. The Labute approximate surface area is 120 Å². The monoisotopic (exact) mass is 315 g/mol. The van der Waals surface area contributed by atoms with E-state index >= 15 is 0 Å². The van der Waals surface area contributed by atoms with Crippen LogP contribution in [0.4, 0.5) is 4.39 Å². The summed E-state index contributed by atoms with van der Waals surface area (Å²) >= 11 is 1.10. The van der Waals surface area contributed by atoms with Crippen LogP contribution in [0.1, 0.15) is 10.4 Å². The van der Waals surface area contributed by atoms with Crippen molar-refractivity contribution in [1.82, 2.24) is 4.72 Å². The number of halogens is 1. The first kappa shape index (κ1) is 15.1. The molecular formula is C13H14FNO3S2. The molecule has 1 heterocycles. The van der Waals surface area contributed by atoms with Crippen LogP contribution in [0.15, 0.2) is 40.6 Å². The largest absolute Gasteiger partial charge is 0.396 e. The van der Waals surface area contributed by atoms with E-state index in [4.69, 9.17) is 5.11 Å². The average molecular weight is 315 g/mol. The van der Waals surface area contributed by atoms with E-state index in [0.29, 0.717) is 12.0 Å². The summed E-state index contributed by atoms with van der Waals surface area (Å²) in [5.74, 6) is -0.442. The molecule has 0 unspecified atom stereocenters. The van der Waals surface area contributed by atoms with Gasteiger partial charge in [0.15, 0.2) is 0 Å². The minimum absolute atomic E-state index is 0.0251. The van der Waals surface area contributed by atoms with Crippen LogP contribution in [-0.4, -0.2) is 20.1 Å². The van der Waals surface area contributed by atoms with Gasteiger partial charge < -0.3 is 5.11 Å². The molecule has 2 rings (SSSR count). The van der Waals surface area contributed by atoms with Gasteiger partial charge in [-0.1, -0.05) is 18.2 Å². The molecule has 2 N–H and O–H groups in total. The van der Waals surface area contributed by atoms with Gasteiger partial charge in [0.05, 0.1) is 0 Å². The third-order valence-electron chi connectivity index (χ3n) is 2.67. The van der Waals surface area contributed by atoms with Crippen LogP contribution in [-0.2, 0) is 23.0 Å². The van der Waals surface area contributed by atoms with Gasteiger partial charge in [-0.05, 0) is 18.2 Å². The van der Waals surface area contributed by atoms with Gasteiger partial charge in [0.1, 0.15) is 10.0 Å². The molecule has 0 amide bonds. The molecule has 0 aliphatic heterocycles. The number of hydrogen-bond acceptors (Lipinski definition) is 4. The molecule has 0 radical (unpaired) electrons. The Balaban J connectivity index is 2.09. The number of sulfonamides is 1. The molecule has 0 fully saturated rings. The zero-order chi connectivity index (χ0) is 14.6. The third kappa shape index (κ3) is 3.63. The Hall–Kier alpha value is -1.28. The van der Waals surface area contributed by atoms with Crippen molar-refractivity contribution >= 4 is 21.4 Å². The first-order valence-electron chi connectivity index (χ1n) is 5.95. The van der Waals surface area contributed by atoms with Crippen LogP contribution >= 0.6 is 11.3 Å². The van der Waals surface area contributed by atoms with Gasteiger partial charge in [-0.15, -0.1) is 11.3 Å². The van der Waals surface area contributed by atoms with Gasteiger partial charge >= 0.3 is 0 Å². The van der Waals surface area contributed by atoms with E-state index in [2.05, 4.69) is 4.72 Å². The summed E-state index contributed by atoms with van der Waals surface area (Å²) in [7, 11) is -3.65. The Kier molecular flexibility index (Phi) is 4.87. The molecule has 0 atom stereocenters. The minimum Gasteiger partial charge on any atom is -0.396 e. The zero-order valence-corrected chi connectivity index (χ0v) is 12.2. The van der Waals surface area contributed by atoms with E-state index < -0.39 is 15.8 Å². The van der Waals surface area contributed by atoms with Crippen molar-refractivity contribution in [3.63, 3.8) is 0 Å². The molecule has 4 nitrogen and oxygen atoms in total. The predicted molar refractivity (Wildman–Crippen MR) is 75.5 cm³/mol. The smallest absolute Gasteiger partial charge is 0.250 e. The number of hydrogen-bond donors (Lipinski definition) is 2. The topological polar surface area (TPSA) is 66.4 Å². The SMILES string of the molecule is O=S(=O)(NCc1ccccc1F)c1ccc(CCO)s1. The van der Waals surface area contributed by atoms with Crippen LogP contribution in [0.3, 0.4) is 0 Å². The molecule has 108 valence electrons. The lowest BCUT2D eigenvalue weighted by Crippen LogP contribution is -2.22. The summed E-state index contributed by atoms with van der Waals surface area (Å²) in [6, 6.07) is 9.17. The number of rotatable bonds is 6. The van der Waals surface area contributed by atoms with Crippen molar-refractivity contribution in [3.8, 4) is 0 Å². The highest BCUT2D eigenvalue weighted by atomic mass is 32.2. The summed E-state index contributed by atoms with van der Waals surface area (Å²) in [4.78, 5) is 0.791. The average Bonchev–Trinajstić information content (AvgIpc) is 2.88. The molecule has 1 aromatic heterocycles. The second-order valence-electron chi connectivity index (χ2n) is 4.11. The minimum atomic E-state index is -3.65. The fraction of sp³-hybridized carbons (Fsp3) is 0.231. The van der Waals surface area contributed by atoms with Gasteiger partial charge in [-0.25, -0.2) is 17.5 Å². The van der Waals surface area contributed by atoms with Crippen LogP contribution in [0, 0.1) is 5.82 Å². The molecule has 0 saturated heterocycles. The third-order valence-corrected chi connectivity index (χ3v) is 5.71. The Morgan fingerprint density at radius 3 is 2.65 bits per heavy atom. The van der Waals surface area contributed by atoms with Crippen LogP contribution in [0.5, 0.6) is 0 Å². The Morgan fingerprint density at radius 2 is 1.95 bits per heavy atom. The van der Waals surface area contributed by atoms with Crippen molar-refractivity contribution in [2.24, 2.45) is 0 Å². The summed E-state index contributed by atoms with van der Waals surface area (Å²) in [5.41, 5.74) is 0.295. The van der Waals surface area contributed by atoms with E-state index in [9.17, 15) is 12.8 Å². The molecule has 20 heavy (non-hydrogen) atoms. The molecule has 1 aromatic carbocycles. The number of nitrogens with one attached hydrogen (secondary N) is 1. The molecule has 2 aromatic rings. The second-order valence-corrected chi connectivity index (χ2v) is 7.27. The van der Waals surface area contributed by atoms with Gasteiger partial charge in [0.25, 0.3) is 0 Å². The fourth-order valence-electron chi connectivity index (χ4n) is 1.63. The molecule has 0 aliphatic carbocycles. The molecule has 0 spiro atoms. The molecule has 0 aliphatic rings. The van der Waals surface area contributed by atoms with Crippen molar-refractivity contribution in [1.29, 1.82) is 0 Å². The van der Waals surface area contributed by atoms with Crippen molar-refractivity contribution < 1.29 is 17.9 Å². The van der Waals surface area contributed by atoms with E-state index in [0.717, 1.165) is 16.2 Å². The van der Waals surface area contributed by atoms with E-state index in [1.54, 1.807) is 18.2 Å². The van der Waals surface area contributed by atoms with Crippen molar-refractivity contribution in [3.05, 3.63) is 52.7 Å². The highest BCUT2D eigenvalue weighted by Gasteiger charge is 2.17. The van der Waals surface area contributed by atoms with Gasteiger partial charge in [0, 0.05) is 30.0 Å². The molecule has 0 bridgehead atoms. The number of thiophene rings is 1. The highest BCUT2D eigenvalue weighted by Crippen LogP contribution is 2.22. The lowest BCUT2D eigenvalue weighted by Gasteiger charge is -2.05. The summed E-state index contributed by atoms with van der Waals surface area (Å²) < 4.78 is 40.0. The molecule has 0 saturated carbocycles. The van der Waals surface area contributed by atoms with E-state index in [-0.39, 0.29) is 17.4 Å². The van der Waals surface area contributed by atoms with Crippen molar-refractivity contribution in [2.75, 3.05) is 6.61 Å². The van der Waals surface area contributed by atoms with Gasteiger partial charge in [0.2, 0.25) is 10.0 Å². The Bertz CT molecular complexity index is 682. The number of benzene rings is 1. The van der Waals surface area contributed by atoms with Crippen LogP contribution < -0.4 is 4.72 Å². The second kappa shape index (κ2) is 6.45. The quantitative estimate of drug-likeness (QED) is 0.855. The fourth-order valence-corrected chi connectivity index (χ4v) is 4.03. The lowest BCUT2D eigenvalue weighted by molar-refractivity contribution is 0.300. The predicted octanol–water partition coefficient (Wildman–Crippen LogP) is 1.90. The standard InChI is InChI=1S/C13H14FNO3S2/c14-12-4-2-1-3-10(12)9-15-20(17,18)13-6-5-11(19-13)7-8-16/h1-6,15-16H,7-9H2.